The van der Waals surface area contributed by atoms with Gasteiger partial charge in [0, 0.05) is 31.4 Å². The molecule has 2 aromatic heterocycles. The van der Waals surface area contributed by atoms with E-state index < -0.39 is 0 Å². The minimum Gasteiger partial charge on any atom is -0.343 e. The molecule has 0 saturated heterocycles. The molecule has 8 heteroatoms. The van der Waals surface area contributed by atoms with E-state index >= 15 is 0 Å². The number of carbonyl (C=O) groups excluding carboxylic acids is 1. The number of nitrogens with zero attached hydrogens (tertiary/aromatic N) is 4. The fourth-order valence-electron chi connectivity index (χ4n) is 2.34. The summed E-state index contributed by atoms with van der Waals surface area (Å²) in [5, 5.41) is 4.22. The quantitative estimate of drug-likeness (QED) is 0.787. The first-order valence-electron chi connectivity index (χ1n) is 7.51. The summed E-state index contributed by atoms with van der Waals surface area (Å²) in [7, 11) is 3.26. The predicted octanol–water partition coefficient (Wildman–Crippen LogP) is 1.77. The second-order valence-corrected chi connectivity index (χ2v) is 5.74. The van der Waals surface area contributed by atoms with E-state index in [9.17, 15) is 14.0 Å². The van der Waals surface area contributed by atoms with E-state index in [1.807, 2.05) is 0 Å². The molecule has 0 spiro atoms. The Labute approximate surface area is 142 Å². The van der Waals surface area contributed by atoms with Crippen molar-refractivity contribution in [3.63, 3.8) is 0 Å². The fourth-order valence-corrected chi connectivity index (χ4v) is 2.34. The summed E-state index contributed by atoms with van der Waals surface area (Å²) >= 11 is 0. The van der Waals surface area contributed by atoms with Gasteiger partial charge in [0.15, 0.2) is 5.69 Å². The van der Waals surface area contributed by atoms with Crippen LogP contribution in [0.25, 0.3) is 17.2 Å². The highest BCUT2D eigenvalue weighted by molar-refractivity contribution is 5.92. The van der Waals surface area contributed by atoms with Gasteiger partial charge in [-0.25, -0.2) is 14.1 Å². The van der Waals surface area contributed by atoms with Gasteiger partial charge in [-0.3, -0.25) is 14.6 Å². The van der Waals surface area contributed by atoms with Gasteiger partial charge in [0.25, 0.3) is 11.5 Å². The number of hydrogen-bond donors (Lipinski definition) is 1. The Morgan fingerprint density at radius 3 is 2.52 bits per heavy atom. The highest BCUT2D eigenvalue weighted by atomic mass is 19.1. The molecule has 128 valence electrons. The van der Waals surface area contributed by atoms with Crippen LogP contribution in [0.2, 0.25) is 0 Å². The minimum absolute atomic E-state index is 0.183. The maximum Gasteiger partial charge on any atom is 0.273 e. The molecule has 2 heterocycles. The van der Waals surface area contributed by atoms with E-state index in [0.717, 1.165) is 0 Å². The molecule has 0 saturated carbocycles. The van der Waals surface area contributed by atoms with E-state index in [4.69, 9.17) is 0 Å². The molecular weight excluding hydrogens is 325 g/mol. The third kappa shape index (κ3) is 3.32. The van der Waals surface area contributed by atoms with Crippen molar-refractivity contribution < 1.29 is 9.18 Å². The molecule has 7 nitrogen and oxygen atoms in total. The number of aromatic amines is 1. The van der Waals surface area contributed by atoms with Crippen LogP contribution in [0.15, 0.2) is 41.2 Å². The standard InChI is InChI=1S/C17H16FN5O2/c1-10-8-14(16(25)22(2)3)21-23(10)17-19-13(9-15(24)20-17)11-4-6-12(18)7-5-11/h4-9H,1-3H3,(H,19,20,24). The van der Waals surface area contributed by atoms with E-state index in [-0.39, 0.29) is 28.9 Å². The van der Waals surface area contributed by atoms with E-state index in [0.29, 0.717) is 17.0 Å². The summed E-state index contributed by atoms with van der Waals surface area (Å²) in [5.74, 6) is -0.440. The van der Waals surface area contributed by atoms with Crippen molar-refractivity contribution >= 4 is 5.91 Å². The first-order chi connectivity index (χ1) is 11.8. The van der Waals surface area contributed by atoms with Crippen LogP contribution < -0.4 is 5.56 Å². The summed E-state index contributed by atoms with van der Waals surface area (Å²) in [4.78, 5) is 32.4. The molecule has 0 radical (unpaired) electrons. The first-order valence-corrected chi connectivity index (χ1v) is 7.51. The number of hydrogen-bond acceptors (Lipinski definition) is 4. The number of amides is 1. The van der Waals surface area contributed by atoms with Gasteiger partial charge in [-0.1, -0.05) is 0 Å². The number of carbonyl (C=O) groups is 1. The molecule has 0 aliphatic heterocycles. The SMILES string of the molecule is Cc1cc(C(=O)N(C)C)nn1-c1nc(-c2ccc(F)cc2)cc(=O)[nH]1. The van der Waals surface area contributed by atoms with Crippen molar-refractivity contribution in [2.45, 2.75) is 6.92 Å². The van der Waals surface area contributed by atoms with Crippen LogP contribution in [-0.2, 0) is 0 Å². The zero-order chi connectivity index (χ0) is 18.1. The van der Waals surface area contributed by atoms with Crippen LogP contribution in [0.3, 0.4) is 0 Å². The number of aromatic nitrogens is 4. The Morgan fingerprint density at radius 1 is 1.20 bits per heavy atom. The predicted molar refractivity (Wildman–Crippen MR) is 90.1 cm³/mol. The van der Waals surface area contributed by atoms with Gasteiger partial charge in [0.05, 0.1) is 5.69 Å². The topological polar surface area (TPSA) is 83.9 Å². The summed E-state index contributed by atoms with van der Waals surface area (Å²) in [6.07, 6.45) is 0. The molecule has 0 bridgehead atoms. The average Bonchev–Trinajstić information content (AvgIpc) is 2.96. The minimum atomic E-state index is -0.375. The lowest BCUT2D eigenvalue weighted by Crippen LogP contribution is -2.22. The third-order valence-electron chi connectivity index (χ3n) is 3.58. The van der Waals surface area contributed by atoms with Crippen molar-refractivity contribution in [2.24, 2.45) is 0 Å². The first kappa shape index (κ1) is 16.6. The van der Waals surface area contributed by atoms with Crippen LogP contribution in [0.4, 0.5) is 4.39 Å². The summed E-state index contributed by atoms with van der Waals surface area (Å²) in [5.41, 5.74) is 1.50. The van der Waals surface area contributed by atoms with E-state index in [2.05, 4.69) is 15.1 Å². The van der Waals surface area contributed by atoms with Gasteiger partial charge in [-0.2, -0.15) is 5.10 Å². The van der Waals surface area contributed by atoms with Crippen LogP contribution in [0.5, 0.6) is 0 Å². The third-order valence-corrected chi connectivity index (χ3v) is 3.58. The van der Waals surface area contributed by atoms with Gasteiger partial charge in [0.2, 0.25) is 5.95 Å². The number of H-pyrrole nitrogens is 1. The average molecular weight is 341 g/mol. The van der Waals surface area contributed by atoms with Crippen LogP contribution in [0.1, 0.15) is 16.2 Å². The lowest BCUT2D eigenvalue weighted by molar-refractivity contribution is 0.0821. The summed E-state index contributed by atoms with van der Waals surface area (Å²) in [6.45, 7) is 1.75. The maximum atomic E-state index is 13.1. The van der Waals surface area contributed by atoms with Gasteiger partial charge >= 0.3 is 0 Å². The van der Waals surface area contributed by atoms with Gasteiger partial charge in [0.1, 0.15) is 5.82 Å². The Balaban J connectivity index is 2.08. The highest BCUT2D eigenvalue weighted by Crippen LogP contribution is 2.17. The number of nitrogens with one attached hydrogen (secondary N) is 1. The molecule has 0 aliphatic rings. The second-order valence-electron chi connectivity index (χ2n) is 5.74. The summed E-state index contributed by atoms with van der Waals surface area (Å²) in [6, 6.07) is 8.61. The Hall–Kier alpha value is -3.29. The molecule has 0 aliphatic carbocycles. The van der Waals surface area contributed by atoms with Crippen molar-refractivity contribution in [3.05, 3.63) is 64.0 Å². The molecule has 1 aromatic carbocycles. The van der Waals surface area contributed by atoms with E-state index in [1.54, 1.807) is 27.1 Å². The smallest absolute Gasteiger partial charge is 0.273 e. The van der Waals surface area contributed by atoms with Gasteiger partial charge in [-0.05, 0) is 37.3 Å². The van der Waals surface area contributed by atoms with E-state index in [1.165, 1.54) is 39.9 Å². The van der Waals surface area contributed by atoms with Crippen molar-refractivity contribution in [1.29, 1.82) is 0 Å². The summed E-state index contributed by atoms with van der Waals surface area (Å²) < 4.78 is 14.5. The normalized spacial score (nSPS) is 10.7. The second kappa shape index (κ2) is 6.31. The van der Waals surface area contributed by atoms with Crippen molar-refractivity contribution in [2.75, 3.05) is 14.1 Å². The molecular formula is C17H16FN5O2. The Morgan fingerprint density at radius 2 is 1.88 bits per heavy atom. The Bertz CT molecular complexity index is 989. The zero-order valence-corrected chi connectivity index (χ0v) is 13.9. The molecule has 3 rings (SSSR count). The molecule has 0 fully saturated rings. The Kier molecular flexibility index (Phi) is 4.18. The van der Waals surface area contributed by atoms with Gasteiger partial charge in [-0.15, -0.1) is 0 Å². The highest BCUT2D eigenvalue weighted by Gasteiger charge is 2.16. The number of aryl methyl sites for hydroxylation is 1. The van der Waals surface area contributed by atoms with Gasteiger partial charge < -0.3 is 4.90 Å². The fraction of sp³-hybridized carbons (Fsp3) is 0.176. The molecule has 0 unspecified atom stereocenters. The largest absolute Gasteiger partial charge is 0.343 e. The number of halogens is 1. The lowest BCUT2D eigenvalue weighted by Gasteiger charge is -2.07. The molecule has 0 atom stereocenters. The van der Waals surface area contributed by atoms with Crippen LogP contribution in [0, 0.1) is 12.7 Å². The zero-order valence-electron chi connectivity index (χ0n) is 13.9. The molecule has 1 amide bonds. The van der Waals surface area contributed by atoms with Crippen LogP contribution >= 0.6 is 0 Å². The molecule has 1 N–H and O–H groups in total. The lowest BCUT2D eigenvalue weighted by atomic mass is 10.1. The van der Waals surface area contributed by atoms with Crippen LogP contribution in [-0.4, -0.2) is 44.7 Å². The monoisotopic (exact) mass is 341 g/mol. The van der Waals surface area contributed by atoms with Crippen molar-refractivity contribution in [3.8, 4) is 17.2 Å². The molecule has 3 aromatic rings. The maximum absolute atomic E-state index is 13.1. The molecule has 25 heavy (non-hydrogen) atoms. The number of benzene rings is 1. The number of rotatable bonds is 3. The van der Waals surface area contributed by atoms with Crippen molar-refractivity contribution in [1.82, 2.24) is 24.6 Å².